The van der Waals surface area contributed by atoms with Crippen molar-refractivity contribution in [3.05, 3.63) is 64.7 Å². The molecule has 3 N–H and O–H groups in total. The lowest BCUT2D eigenvalue weighted by Gasteiger charge is -2.20. The molecule has 2 unspecified atom stereocenters. The van der Waals surface area contributed by atoms with Gasteiger partial charge in [-0.25, -0.2) is 0 Å². The molecule has 0 aliphatic carbocycles. The molecule has 34 heavy (non-hydrogen) atoms. The molecule has 3 amide bonds. The number of rotatable bonds is 5. The van der Waals surface area contributed by atoms with Gasteiger partial charge in [-0.2, -0.15) is 0 Å². The minimum absolute atomic E-state index is 0.103. The van der Waals surface area contributed by atoms with Gasteiger partial charge in [0.25, 0.3) is 5.91 Å². The topological polar surface area (TPSA) is 90.5 Å². The zero-order chi connectivity index (χ0) is 24.5. The van der Waals surface area contributed by atoms with Crippen LogP contribution in [-0.2, 0) is 15.0 Å². The molecule has 7 heteroatoms. The second-order valence-electron chi connectivity index (χ2n) is 10.0. The lowest BCUT2D eigenvalue weighted by molar-refractivity contribution is -0.121. The largest absolute Gasteiger partial charge is 0.350 e. The van der Waals surface area contributed by atoms with Crippen molar-refractivity contribution in [2.75, 3.05) is 25.5 Å². The molecule has 0 spiro atoms. The maximum absolute atomic E-state index is 13.4. The van der Waals surface area contributed by atoms with Crippen LogP contribution in [0.25, 0.3) is 12.2 Å². The molecule has 2 heterocycles. The fourth-order valence-corrected chi connectivity index (χ4v) is 4.46. The number of carbonyl (C=O) groups is 3. The Morgan fingerprint density at radius 3 is 2.44 bits per heavy atom. The van der Waals surface area contributed by atoms with Crippen molar-refractivity contribution in [2.45, 2.75) is 44.7 Å². The van der Waals surface area contributed by atoms with Crippen molar-refractivity contribution < 1.29 is 14.4 Å². The summed E-state index contributed by atoms with van der Waals surface area (Å²) in [6.07, 6.45) is 4.38. The van der Waals surface area contributed by atoms with Crippen LogP contribution in [0.5, 0.6) is 0 Å². The minimum atomic E-state index is -0.597. The molecule has 7 nitrogen and oxygen atoms in total. The van der Waals surface area contributed by atoms with E-state index < -0.39 is 6.04 Å². The van der Waals surface area contributed by atoms with Crippen molar-refractivity contribution >= 4 is 35.6 Å². The molecule has 1 saturated heterocycles. The Balaban J connectivity index is 1.53. The zero-order valence-corrected chi connectivity index (χ0v) is 20.1. The smallest absolute Gasteiger partial charge is 0.256 e. The molecule has 4 rings (SSSR count). The Hall–Kier alpha value is -3.45. The Kier molecular flexibility index (Phi) is 6.57. The Morgan fingerprint density at radius 1 is 1.09 bits per heavy atom. The van der Waals surface area contributed by atoms with E-state index in [0.717, 1.165) is 11.1 Å². The van der Waals surface area contributed by atoms with Gasteiger partial charge in [0.05, 0.1) is 17.8 Å². The van der Waals surface area contributed by atoms with Gasteiger partial charge in [-0.15, -0.1) is 0 Å². The zero-order valence-electron chi connectivity index (χ0n) is 20.1. The summed E-state index contributed by atoms with van der Waals surface area (Å²) in [5, 5.41) is 8.60. The van der Waals surface area contributed by atoms with Crippen molar-refractivity contribution in [2.24, 2.45) is 0 Å². The van der Waals surface area contributed by atoms with Crippen LogP contribution in [-0.4, -0.2) is 54.8 Å². The van der Waals surface area contributed by atoms with E-state index in [0.29, 0.717) is 24.2 Å². The van der Waals surface area contributed by atoms with Gasteiger partial charge in [-0.1, -0.05) is 63.3 Å². The van der Waals surface area contributed by atoms with E-state index >= 15 is 0 Å². The van der Waals surface area contributed by atoms with Crippen molar-refractivity contribution in [3.63, 3.8) is 0 Å². The highest BCUT2D eigenvalue weighted by molar-refractivity contribution is 6.10. The summed E-state index contributed by atoms with van der Waals surface area (Å²) in [5.74, 6) is -0.574. The number of nitrogens with zero attached hydrogens (tertiary/aromatic N) is 1. The van der Waals surface area contributed by atoms with Crippen molar-refractivity contribution in [1.82, 2.24) is 15.5 Å². The highest BCUT2D eigenvalue weighted by atomic mass is 16.2. The van der Waals surface area contributed by atoms with E-state index in [1.807, 2.05) is 24.3 Å². The molecule has 178 valence electrons. The van der Waals surface area contributed by atoms with Gasteiger partial charge in [0, 0.05) is 12.6 Å². The van der Waals surface area contributed by atoms with Crippen LogP contribution in [0.3, 0.4) is 0 Å². The van der Waals surface area contributed by atoms with Gasteiger partial charge in [0.1, 0.15) is 6.04 Å². The predicted octanol–water partition coefficient (Wildman–Crippen LogP) is 3.03. The third-order valence-corrected chi connectivity index (χ3v) is 6.34. The predicted molar refractivity (Wildman–Crippen MR) is 134 cm³/mol. The maximum atomic E-state index is 13.4. The molecular formula is C27H32N4O3. The van der Waals surface area contributed by atoms with Crippen LogP contribution in [0.4, 0.5) is 5.69 Å². The number of nitrogens with one attached hydrogen (secondary N) is 3. The number of hydrogen-bond donors (Lipinski definition) is 3. The number of anilines is 1. The normalized spacial score (nSPS) is 20.1. The third-order valence-electron chi connectivity index (χ3n) is 6.34. The third kappa shape index (κ3) is 5.04. The molecule has 0 saturated carbocycles. The first kappa shape index (κ1) is 23.7. The second-order valence-corrected chi connectivity index (χ2v) is 10.0. The highest BCUT2D eigenvalue weighted by Gasteiger charge is 2.43. The van der Waals surface area contributed by atoms with E-state index in [9.17, 15) is 14.4 Å². The number of hydrogen-bond acceptors (Lipinski definition) is 4. The Bertz CT molecular complexity index is 1130. The molecule has 1 fully saturated rings. The van der Waals surface area contributed by atoms with Gasteiger partial charge in [0.2, 0.25) is 11.8 Å². The molecule has 0 bridgehead atoms. The minimum Gasteiger partial charge on any atom is -0.350 e. The van der Waals surface area contributed by atoms with Crippen molar-refractivity contribution in [3.8, 4) is 0 Å². The van der Waals surface area contributed by atoms with Crippen LogP contribution in [0, 0.1) is 0 Å². The summed E-state index contributed by atoms with van der Waals surface area (Å²) >= 11 is 0. The summed E-state index contributed by atoms with van der Waals surface area (Å²) in [6.45, 7) is 7.07. The van der Waals surface area contributed by atoms with E-state index in [2.05, 4.69) is 61.0 Å². The van der Waals surface area contributed by atoms with Crippen LogP contribution in [0.15, 0.2) is 42.5 Å². The second kappa shape index (κ2) is 9.43. The summed E-state index contributed by atoms with van der Waals surface area (Å²) < 4.78 is 0. The summed E-state index contributed by atoms with van der Waals surface area (Å²) in [7, 11) is 1.70. The highest BCUT2D eigenvalue weighted by Crippen LogP contribution is 2.30. The molecule has 0 radical (unpaired) electrons. The first-order valence-electron chi connectivity index (χ1n) is 11.6. The van der Waals surface area contributed by atoms with Gasteiger partial charge >= 0.3 is 0 Å². The van der Waals surface area contributed by atoms with Gasteiger partial charge in [-0.05, 0) is 47.7 Å². The monoisotopic (exact) mass is 460 g/mol. The molecule has 2 aromatic rings. The van der Waals surface area contributed by atoms with E-state index in [1.54, 1.807) is 18.0 Å². The Morgan fingerprint density at radius 2 is 1.76 bits per heavy atom. The summed E-state index contributed by atoms with van der Waals surface area (Å²) in [5.41, 5.74) is 4.30. The standard InChI is InChI=1S/C27H32N4O3/c1-27(2,3)19-10-7-17(8-11-19)5-6-18-9-12-22-21(13-18)26(34)31-16-20(29-24(32)15-28-4)14-23(31)25(33)30-22/h5-13,20,23,28H,14-16H2,1-4H3,(H,29,32)(H,30,33). The Labute approximate surface area is 200 Å². The first-order valence-corrected chi connectivity index (χ1v) is 11.6. The molecule has 2 aliphatic heterocycles. The number of benzene rings is 2. The molecule has 2 atom stereocenters. The van der Waals surface area contributed by atoms with Crippen LogP contribution in [0.2, 0.25) is 0 Å². The van der Waals surface area contributed by atoms with Crippen molar-refractivity contribution in [1.29, 1.82) is 0 Å². The molecule has 2 aliphatic rings. The number of carbonyl (C=O) groups excluding carboxylic acids is 3. The lowest BCUT2D eigenvalue weighted by atomic mass is 9.87. The number of likely N-dealkylation sites (N-methyl/N-ethyl adjacent to an activating group) is 1. The molecular weight excluding hydrogens is 428 g/mol. The maximum Gasteiger partial charge on any atom is 0.256 e. The first-order chi connectivity index (χ1) is 16.2. The molecule has 0 aromatic heterocycles. The average Bonchev–Trinajstić information content (AvgIpc) is 3.18. The lowest BCUT2D eigenvalue weighted by Crippen LogP contribution is -2.42. The summed E-state index contributed by atoms with van der Waals surface area (Å²) in [4.78, 5) is 39.7. The van der Waals surface area contributed by atoms with E-state index in [-0.39, 0.29) is 35.7 Å². The summed E-state index contributed by atoms with van der Waals surface area (Å²) in [6, 6.07) is 13.1. The van der Waals surface area contributed by atoms with Gasteiger partial charge in [-0.3, -0.25) is 14.4 Å². The fourth-order valence-electron chi connectivity index (χ4n) is 4.46. The fraction of sp³-hybridized carbons (Fsp3) is 0.370. The number of amides is 3. The van der Waals surface area contributed by atoms with Crippen LogP contribution >= 0.6 is 0 Å². The number of fused-ring (bicyclic) bond motifs is 2. The quantitative estimate of drug-likeness (QED) is 0.599. The van der Waals surface area contributed by atoms with Crippen LogP contribution in [0.1, 0.15) is 54.2 Å². The SMILES string of the molecule is CNCC(=O)NC1CC2C(=O)Nc3ccc(C=Cc4ccc(C(C)(C)C)cc4)cc3C(=O)N2C1. The van der Waals surface area contributed by atoms with Gasteiger partial charge < -0.3 is 20.9 Å². The van der Waals surface area contributed by atoms with Gasteiger partial charge in [0.15, 0.2) is 0 Å². The average molecular weight is 461 g/mol. The van der Waals surface area contributed by atoms with E-state index in [1.165, 1.54) is 5.56 Å². The van der Waals surface area contributed by atoms with E-state index in [4.69, 9.17) is 0 Å². The molecule has 2 aromatic carbocycles. The van der Waals surface area contributed by atoms with Crippen LogP contribution < -0.4 is 16.0 Å².